The van der Waals surface area contributed by atoms with Gasteiger partial charge < -0.3 is 14.2 Å². The van der Waals surface area contributed by atoms with Gasteiger partial charge in [0.05, 0.1) is 12.7 Å². The van der Waals surface area contributed by atoms with Gasteiger partial charge in [-0.2, -0.15) is 13.2 Å². The molecule has 0 unspecified atom stereocenters. The van der Waals surface area contributed by atoms with E-state index in [9.17, 15) is 18.0 Å². The SMILES string of the molecule is COCOc1c(C(=O)OC)cccc1C(F)(F)F. The summed E-state index contributed by atoms with van der Waals surface area (Å²) in [7, 11) is 2.33. The molecule has 0 saturated carbocycles. The van der Waals surface area contributed by atoms with Crippen molar-refractivity contribution in [1.29, 1.82) is 0 Å². The molecule has 0 aliphatic carbocycles. The van der Waals surface area contributed by atoms with Gasteiger partial charge in [0, 0.05) is 7.11 Å². The lowest BCUT2D eigenvalue weighted by atomic mass is 10.1. The first-order chi connectivity index (χ1) is 8.41. The van der Waals surface area contributed by atoms with Crippen LogP contribution in [0.3, 0.4) is 0 Å². The van der Waals surface area contributed by atoms with Crippen LogP contribution in [-0.4, -0.2) is 27.0 Å². The van der Waals surface area contributed by atoms with Crippen LogP contribution >= 0.6 is 0 Å². The Balaban J connectivity index is 3.30. The van der Waals surface area contributed by atoms with E-state index >= 15 is 0 Å². The van der Waals surface area contributed by atoms with E-state index < -0.39 is 30.3 Å². The molecule has 7 heteroatoms. The second-order valence-corrected chi connectivity index (χ2v) is 3.22. The minimum absolute atomic E-state index is 0.302. The number of alkyl halides is 3. The molecule has 1 aromatic rings. The molecule has 0 aromatic heterocycles. The molecule has 0 heterocycles. The third kappa shape index (κ3) is 3.13. The number of halogens is 3. The predicted octanol–water partition coefficient (Wildman–Crippen LogP) is 2.47. The van der Waals surface area contributed by atoms with Gasteiger partial charge >= 0.3 is 12.1 Å². The Bertz CT molecular complexity index is 429. The van der Waals surface area contributed by atoms with Crippen molar-refractivity contribution >= 4 is 5.97 Å². The number of rotatable bonds is 4. The molecular formula is C11H11F3O4. The molecule has 1 rings (SSSR count). The molecule has 4 nitrogen and oxygen atoms in total. The third-order valence-corrected chi connectivity index (χ3v) is 2.05. The fourth-order valence-corrected chi connectivity index (χ4v) is 1.30. The summed E-state index contributed by atoms with van der Waals surface area (Å²) in [5, 5.41) is 0. The van der Waals surface area contributed by atoms with Crippen molar-refractivity contribution in [2.75, 3.05) is 21.0 Å². The number of esters is 1. The first-order valence-corrected chi connectivity index (χ1v) is 4.82. The topological polar surface area (TPSA) is 44.8 Å². The average Bonchev–Trinajstić information content (AvgIpc) is 2.33. The summed E-state index contributed by atoms with van der Waals surface area (Å²) in [4.78, 5) is 11.4. The van der Waals surface area contributed by atoms with Crippen LogP contribution in [0.5, 0.6) is 5.75 Å². The number of carbonyl (C=O) groups is 1. The molecule has 0 spiro atoms. The van der Waals surface area contributed by atoms with Crippen molar-refractivity contribution in [3.63, 3.8) is 0 Å². The standard InChI is InChI=1S/C11H11F3O4/c1-16-6-18-9-7(10(15)17-2)4-3-5-8(9)11(12,13)14/h3-5H,6H2,1-2H3. The Labute approximate surface area is 101 Å². The summed E-state index contributed by atoms with van der Waals surface area (Å²) in [6.45, 7) is -0.406. The minimum Gasteiger partial charge on any atom is -0.466 e. The van der Waals surface area contributed by atoms with Crippen LogP contribution in [-0.2, 0) is 15.7 Å². The zero-order chi connectivity index (χ0) is 13.8. The van der Waals surface area contributed by atoms with Gasteiger partial charge in [0.2, 0.25) is 0 Å². The van der Waals surface area contributed by atoms with Gasteiger partial charge in [-0.3, -0.25) is 0 Å². The molecule has 0 fully saturated rings. The molecule has 0 saturated heterocycles. The average molecular weight is 264 g/mol. The van der Waals surface area contributed by atoms with Gasteiger partial charge in [-0.15, -0.1) is 0 Å². The Morgan fingerprint density at radius 1 is 1.28 bits per heavy atom. The number of methoxy groups -OCH3 is 2. The number of hydrogen-bond donors (Lipinski definition) is 0. The fraction of sp³-hybridized carbons (Fsp3) is 0.364. The van der Waals surface area contributed by atoms with Gasteiger partial charge in [-0.25, -0.2) is 4.79 Å². The molecule has 0 N–H and O–H groups in total. The zero-order valence-corrected chi connectivity index (χ0v) is 9.71. The lowest BCUT2D eigenvalue weighted by Gasteiger charge is -2.15. The monoisotopic (exact) mass is 264 g/mol. The minimum atomic E-state index is -4.63. The first-order valence-electron chi connectivity index (χ1n) is 4.82. The van der Waals surface area contributed by atoms with Crippen LogP contribution in [0.25, 0.3) is 0 Å². The summed E-state index contributed by atoms with van der Waals surface area (Å²) in [5.41, 5.74) is -1.35. The van der Waals surface area contributed by atoms with Crippen molar-refractivity contribution < 1.29 is 32.2 Å². The summed E-state index contributed by atoms with van der Waals surface area (Å²) in [6.07, 6.45) is -4.63. The van der Waals surface area contributed by atoms with Crippen LogP contribution < -0.4 is 4.74 Å². The molecular weight excluding hydrogens is 253 g/mol. The smallest absolute Gasteiger partial charge is 0.419 e. The molecule has 0 radical (unpaired) electrons. The van der Waals surface area contributed by atoms with E-state index in [2.05, 4.69) is 9.47 Å². The van der Waals surface area contributed by atoms with Gasteiger partial charge in [-0.05, 0) is 12.1 Å². The van der Waals surface area contributed by atoms with Crippen LogP contribution in [0.4, 0.5) is 13.2 Å². The Hall–Kier alpha value is -1.76. The maximum absolute atomic E-state index is 12.8. The highest BCUT2D eigenvalue weighted by Crippen LogP contribution is 2.38. The van der Waals surface area contributed by atoms with Crippen molar-refractivity contribution in [3.8, 4) is 5.75 Å². The van der Waals surface area contributed by atoms with Crippen molar-refractivity contribution in [2.24, 2.45) is 0 Å². The quantitative estimate of drug-likeness (QED) is 0.619. The molecule has 0 amide bonds. The summed E-state index contributed by atoms with van der Waals surface area (Å²) in [5.74, 6) is -1.51. The highest BCUT2D eigenvalue weighted by atomic mass is 19.4. The molecule has 100 valence electrons. The zero-order valence-electron chi connectivity index (χ0n) is 9.71. The Morgan fingerprint density at radius 3 is 2.44 bits per heavy atom. The maximum atomic E-state index is 12.8. The molecule has 18 heavy (non-hydrogen) atoms. The van der Waals surface area contributed by atoms with E-state index in [1.54, 1.807) is 0 Å². The Morgan fingerprint density at radius 2 is 1.94 bits per heavy atom. The number of carbonyl (C=O) groups excluding carboxylic acids is 1. The van der Waals surface area contributed by atoms with E-state index in [1.165, 1.54) is 13.2 Å². The number of benzene rings is 1. The third-order valence-electron chi connectivity index (χ3n) is 2.05. The molecule has 0 aliphatic heterocycles. The van der Waals surface area contributed by atoms with Crippen molar-refractivity contribution in [2.45, 2.75) is 6.18 Å². The van der Waals surface area contributed by atoms with Gasteiger partial charge in [0.1, 0.15) is 11.3 Å². The second kappa shape index (κ2) is 5.72. The maximum Gasteiger partial charge on any atom is 0.419 e. The highest BCUT2D eigenvalue weighted by Gasteiger charge is 2.36. The predicted molar refractivity (Wildman–Crippen MR) is 55.3 cm³/mol. The molecule has 0 bridgehead atoms. The lowest BCUT2D eigenvalue weighted by Crippen LogP contribution is -2.14. The number of ether oxygens (including phenoxy) is 3. The lowest BCUT2D eigenvalue weighted by molar-refractivity contribution is -0.139. The van der Waals surface area contributed by atoms with Crippen LogP contribution in [0.15, 0.2) is 18.2 Å². The normalized spacial score (nSPS) is 11.2. The number of hydrogen-bond acceptors (Lipinski definition) is 4. The van der Waals surface area contributed by atoms with E-state index in [4.69, 9.17) is 4.74 Å². The summed E-state index contributed by atoms with van der Waals surface area (Å²) in [6, 6.07) is 3.11. The number of para-hydroxylation sites is 1. The summed E-state index contributed by atoms with van der Waals surface area (Å²) >= 11 is 0. The van der Waals surface area contributed by atoms with E-state index in [0.29, 0.717) is 0 Å². The molecule has 1 aromatic carbocycles. The van der Waals surface area contributed by atoms with Crippen molar-refractivity contribution in [3.05, 3.63) is 29.3 Å². The molecule has 0 aliphatic rings. The van der Waals surface area contributed by atoms with Crippen LogP contribution in [0.2, 0.25) is 0 Å². The van der Waals surface area contributed by atoms with Crippen molar-refractivity contribution in [1.82, 2.24) is 0 Å². The highest BCUT2D eigenvalue weighted by molar-refractivity contribution is 5.93. The van der Waals surface area contributed by atoms with E-state index in [-0.39, 0.29) is 5.56 Å². The fourth-order valence-electron chi connectivity index (χ4n) is 1.30. The molecule has 0 atom stereocenters. The van der Waals surface area contributed by atoms with Gasteiger partial charge in [-0.1, -0.05) is 6.07 Å². The van der Waals surface area contributed by atoms with Gasteiger partial charge in [0.25, 0.3) is 0 Å². The van der Waals surface area contributed by atoms with Crippen LogP contribution in [0, 0.1) is 0 Å². The second-order valence-electron chi connectivity index (χ2n) is 3.22. The Kier molecular flexibility index (Phi) is 4.55. The van der Waals surface area contributed by atoms with E-state index in [0.717, 1.165) is 19.2 Å². The largest absolute Gasteiger partial charge is 0.466 e. The van der Waals surface area contributed by atoms with Gasteiger partial charge in [0.15, 0.2) is 6.79 Å². The van der Waals surface area contributed by atoms with E-state index in [1.807, 2.05) is 0 Å². The first kappa shape index (κ1) is 14.3. The summed E-state index contributed by atoms with van der Waals surface area (Å²) < 4.78 is 52.0. The van der Waals surface area contributed by atoms with Crippen LogP contribution in [0.1, 0.15) is 15.9 Å².